The van der Waals surface area contributed by atoms with Gasteiger partial charge in [-0.15, -0.1) is 11.8 Å². The second-order valence-corrected chi connectivity index (χ2v) is 9.81. The minimum absolute atomic E-state index is 0.212. The fourth-order valence-electron chi connectivity index (χ4n) is 3.53. The Kier molecular flexibility index (Phi) is 6.98. The molecule has 0 radical (unpaired) electrons. The molecule has 1 unspecified atom stereocenters. The summed E-state index contributed by atoms with van der Waals surface area (Å²) >= 11 is 1.56. The van der Waals surface area contributed by atoms with E-state index in [1.54, 1.807) is 18.0 Å². The van der Waals surface area contributed by atoms with Gasteiger partial charge in [-0.1, -0.05) is 18.2 Å². The maximum Gasteiger partial charge on any atom is 0.219 e. The average molecular weight is 472 g/mol. The number of thioether (sulfide) groups is 1. The van der Waals surface area contributed by atoms with Gasteiger partial charge in [0.1, 0.15) is 5.60 Å². The van der Waals surface area contributed by atoms with Crippen LogP contribution in [0.25, 0.3) is 11.1 Å². The predicted molar refractivity (Wildman–Crippen MR) is 130 cm³/mol. The van der Waals surface area contributed by atoms with Gasteiger partial charge >= 0.3 is 0 Å². The average Bonchev–Trinajstić information content (AvgIpc) is 3.02. The molecule has 0 saturated carbocycles. The van der Waals surface area contributed by atoms with E-state index < -0.39 is 13.9 Å². The number of benzene rings is 1. The molecule has 1 fully saturated rings. The first-order chi connectivity index (χ1) is 15.4. The van der Waals surface area contributed by atoms with Crippen LogP contribution < -0.4 is 15.1 Å². The quantitative estimate of drug-likeness (QED) is 0.533. The van der Waals surface area contributed by atoms with Gasteiger partial charge in [-0.2, -0.15) is 0 Å². The van der Waals surface area contributed by atoms with E-state index in [1.807, 2.05) is 55.8 Å². The molecular weight excluding hydrogens is 445 g/mol. The summed E-state index contributed by atoms with van der Waals surface area (Å²) in [6.07, 6.45) is 10.2. The van der Waals surface area contributed by atoms with Gasteiger partial charge in [0.2, 0.25) is 5.88 Å². The fraction of sp³-hybridized carbons (Fsp3) is 0.304. The first-order valence-corrected chi connectivity index (χ1v) is 12.6. The van der Waals surface area contributed by atoms with Gasteiger partial charge < -0.3 is 24.6 Å². The summed E-state index contributed by atoms with van der Waals surface area (Å²) in [5.74, 6) is 0.387. The number of nitrogens with zero attached hydrogens (tertiary/aromatic N) is 2. The topological polar surface area (TPSA) is 96.2 Å². The van der Waals surface area contributed by atoms with Crippen molar-refractivity contribution in [3.8, 4) is 17.0 Å². The Hall–Kier alpha value is -2.22. The van der Waals surface area contributed by atoms with E-state index in [9.17, 15) is 10.00 Å². The molecule has 1 aromatic heterocycles. The van der Waals surface area contributed by atoms with Crippen LogP contribution in [0.1, 0.15) is 17.5 Å². The molecule has 3 N–H and O–H groups in total. The third kappa shape index (κ3) is 4.75. The van der Waals surface area contributed by atoms with Gasteiger partial charge in [0, 0.05) is 35.4 Å². The number of aliphatic hydroxyl groups is 1. The molecule has 1 aromatic carbocycles. The lowest BCUT2D eigenvalue weighted by atomic mass is 9.90. The molecular formula is C23H26N3O4PS. The molecule has 168 valence electrons. The summed E-state index contributed by atoms with van der Waals surface area (Å²) in [5.41, 5.74) is 3.18. The standard InChI is InChI=1S/C23H26N3O4PS/c1-15-6-7-18(31(28)26-17-5-4-8-24-21(10-17)32-3)11-19(15)16-9-20(22(29-2)25-12-16)23(27)13-30-14-23/h5-12,26-28H,4,13-14H2,1-3H3. The highest BCUT2D eigenvalue weighted by atomic mass is 32.2. The van der Waals surface area contributed by atoms with Crippen molar-refractivity contribution in [2.45, 2.75) is 18.9 Å². The summed E-state index contributed by atoms with van der Waals surface area (Å²) in [4.78, 5) is 19.7. The van der Waals surface area contributed by atoms with Crippen LogP contribution in [0.15, 0.2) is 58.3 Å². The van der Waals surface area contributed by atoms with Gasteiger partial charge in [-0.3, -0.25) is 4.99 Å². The second-order valence-electron chi connectivity index (χ2n) is 7.62. The second kappa shape index (κ2) is 9.73. The van der Waals surface area contributed by atoms with Crippen LogP contribution >= 0.6 is 20.1 Å². The SMILES string of the molecule is COc1ncc(-c2cc(P(O)NC3=CCC=NC(SC)=C3)ccc2C)cc1C1(O)COC1. The van der Waals surface area contributed by atoms with Crippen LogP contribution in [0.4, 0.5) is 0 Å². The van der Waals surface area contributed by atoms with E-state index in [0.29, 0.717) is 17.9 Å². The molecule has 4 rings (SSSR count). The molecule has 9 heteroatoms. The number of aromatic nitrogens is 1. The predicted octanol–water partition coefficient (Wildman–Crippen LogP) is 3.37. The van der Waals surface area contributed by atoms with Crippen LogP contribution in [0.2, 0.25) is 0 Å². The summed E-state index contributed by atoms with van der Waals surface area (Å²) in [6.45, 7) is 2.43. The normalized spacial score (nSPS) is 18.2. The van der Waals surface area contributed by atoms with Gasteiger partial charge in [-0.05, 0) is 42.5 Å². The van der Waals surface area contributed by atoms with Crippen LogP contribution in [-0.4, -0.2) is 47.8 Å². The summed E-state index contributed by atoms with van der Waals surface area (Å²) in [7, 11) is -0.0903. The van der Waals surface area contributed by atoms with Crippen molar-refractivity contribution in [2.75, 3.05) is 26.6 Å². The Morgan fingerprint density at radius 2 is 2.09 bits per heavy atom. The van der Waals surface area contributed by atoms with Gasteiger partial charge in [0.25, 0.3) is 0 Å². The monoisotopic (exact) mass is 471 g/mol. The van der Waals surface area contributed by atoms with E-state index in [0.717, 1.165) is 32.7 Å². The third-order valence-corrected chi connectivity index (χ3v) is 7.27. The lowest BCUT2D eigenvalue weighted by Crippen LogP contribution is -2.46. The summed E-state index contributed by atoms with van der Waals surface area (Å²) < 4.78 is 10.6. The molecule has 2 aliphatic rings. The maximum absolute atomic E-state index is 10.9. The molecule has 0 aliphatic carbocycles. The largest absolute Gasteiger partial charge is 0.481 e. The van der Waals surface area contributed by atoms with Crippen LogP contribution in [0, 0.1) is 6.92 Å². The first kappa shape index (κ1) is 23.0. The van der Waals surface area contributed by atoms with Crippen molar-refractivity contribution in [3.63, 3.8) is 0 Å². The number of allylic oxidation sites excluding steroid dienone is 2. The zero-order valence-electron chi connectivity index (χ0n) is 18.2. The molecule has 0 spiro atoms. The smallest absolute Gasteiger partial charge is 0.219 e. The van der Waals surface area contributed by atoms with E-state index in [4.69, 9.17) is 9.47 Å². The van der Waals surface area contributed by atoms with E-state index >= 15 is 0 Å². The number of aryl methyl sites for hydroxylation is 1. The number of nitrogens with one attached hydrogen (secondary N) is 1. The van der Waals surface area contributed by atoms with Crippen LogP contribution in [-0.2, 0) is 10.3 Å². The van der Waals surface area contributed by atoms with Crippen LogP contribution in [0.3, 0.4) is 0 Å². The molecule has 2 aliphatic heterocycles. The van der Waals surface area contributed by atoms with Crippen molar-refractivity contribution < 1.29 is 19.5 Å². The fourth-order valence-corrected chi connectivity index (χ4v) is 4.95. The lowest BCUT2D eigenvalue weighted by molar-refractivity contribution is -0.185. The number of rotatable bonds is 7. The Labute approximate surface area is 193 Å². The van der Waals surface area contributed by atoms with Gasteiger partial charge in [-0.25, -0.2) is 4.98 Å². The molecule has 0 bridgehead atoms. The Morgan fingerprint density at radius 3 is 2.78 bits per heavy atom. The van der Waals surface area contributed by atoms with Crippen LogP contribution in [0.5, 0.6) is 5.88 Å². The highest BCUT2D eigenvalue weighted by Gasteiger charge is 2.41. The van der Waals surface area contributed by atoms with Gasteiger partial charge in [0.05, 0.1) is 30.9 Å². The van der Waals surface area contributed by atoms with Crippen molar-refractivity contribution in [1.82, 2.24) is 10.1 Å². The Bertz CT molecular complexity index is 1100. The molecule has 1 saturated heterocycles. The minimum Gasteiger partial charge on any atom is -0.481 e. The zero-order chi connectivity index (χ0) is 22.7. The number of aliphatic imine (C=N–C) groups is 1. The van der Waals surface area contributed by atoms with E-state index in [-0.39, 0.29) is 13.2 Å². The van der Waals surface area contributed by atoms with E-state index in [1.165, 1.54) is 7.11 Å². The molecule has 1 atom stereocenters. The lowest BCUT2D eigenvalue weighted by Gasteiger charge is -2.37. The molecule has 2 aromatic rings. The number of hydrogen-bond donors (Lipinski definition) is 3. The number of hydrogen-bond acceptors (Lipinski definition) is 8. The van der Waals surface area contributed by atoms with Crippen molar-refractivity contribution in [3.05, 3.63) is 64.5 Å². The highest BCUT2D eigenvalue weighted by molar-refractivity contribution is 8.02. The summed E-state index contributed by atoms with van der Waals surface area (Å²) in [6, 6.07) is 7.77. The molecule has 0 amide bonds. The number of pyridine rings is 1. The third-order valence-electron chi connectivity index (χ3n) is 5.39. The highest BCUT2D eigenvalue weighted by Crippen LogP contribution is 2.38. The molecule has 7 nitrogen and oxygen atoms in total. The number of ether oxygens (including phenoxy) is 2. The maximum atomic E-state index is 10.9. The zero-order valence-corrected chi connectivity index (χ0v) is 19.9. The van der Waals surface area contributed by atoms with E-state index in [2.05, 4.69) is 15.1 Å². The minimum atomic E-state index is -1.63. The Balaban J connectivity index is 1.63. The van der Waals surface area contributed by atoms with Crippen molar-refractivity contribution in [2.24, 2.45) is 4.99 Å². The van der Waals surface area contributed by atoms with Crippen molar-refractivity contribution in [1.29, 1.82) is 0 Å². The van der Waals surface area contributed by atoms with Crippen molar-refractivity contribution >= 4 is 31.6 Å². The molecule has 3 heterocycles. The Morgan fingerprint density at radius 1 is 1.28 bits per heavy atom. The summed E-state index contributed by atoms with van der Waals surface area (Å²) in [5, 5.41) is 15.7. The number of methoxy groups -OCH3 is 1. The first-order valence-electron chi connectivity index (χ1n) is 10.1. The van der Waals surface area contributed by atoms with Gasteiger partial charge in [0.15, 0.2) is 8.30 Å². The molecule has 32 heavy (non-hydrogen) atoms.